The molecule has 4 heteroatoms. The number of aryl methyl sites for hydroxylation is 1. The van der Waals surface area contributed by atoms with Crippen molar-refractivity contribution in [3.8, 4) is 11.1 Å². The maximum absolute atomic E-state index is 5.96. The summed E-state index contributed by atoms with van der Waals surface area (Å²) in [5.41, 5.74) is 8.97. The normalized spacial score (nSPS) is 10.9. The number of nitrogen functional groups attached to an aromatic ring is 1. The van der Waals surface area contributed by atoms with Gasteiger partial charge < -0.3 is 5.73 Å². The highest BCUT2D eigenvalue weighted by molar-refractivity contribution is 5.86. The Bertz CT molecular complexity index is 685. The summed E-state index contributed by atoms with van der Waals surface area (Å²) >= 11 is 0. The van der Waals surface area contributed by atoms with Crippen LogP contribution in [0.1, 0.15) is 0 Å². The molecule has 0 saturated carbocycles. The largest absolute Gasteiger partial charge is 0.383 e. The van der Waals surface area contributed by atoms with E-state index in [1.807, 2.05) is 31.3 Å². The molecule has 2 heterocycles. The Hall–Kier alpha value is -2.36. The van der Waals surface area contributed by atoms with Crippen molar-refractivity contribution in [3.05, 3.63) is 42.7 Å². The molecule has 0 fully saturated rings. The average molecular weight is 224 g/mol. The van der Waals surface area contributed by atoms with Crippen LogP contribution < -0.4 is 5.73 Å². The highest BCUT2D eigenvalue weighted by atomic mass is 15.3. The molecule has 0 bridgehead atoms. The number of aromatic nitrogens is 3. The zero-order valence-electron chi connectivity index (χ0n) is 9.46. The van der Waals surface area contributed by atoms with Crippen LogP contribution in [0.2, 0.25) is 0 Å². The van der Waals surface area contributed by atoms with Crippen LogP contribution in [0.25, 0.3) is 22.0 Å². The molecule has 0 radical (unpaired) electrons. The van der Waals surface area contributed by atoms with Gasteiger partial charge in [0.2, 0.25) is 0 Å². The molecular formula is C13H12N4. The lowest BCUT2D eigenvalue weighted by atomic mass is 10.1. The van der Waals surface area contributed by atoms with Crippen molar-refractivity contribution >= 4 is 16.7 Å². The Balaban J connectivity index is 2.21. The molecular weight excluding hydrogens is 212 g/mol. The molecule has 3 aromatic rings. The molecule has 2 N–H and O–H groups in total. The van der Waals surface area contributed by atoms with Crippen molar-refractivity contribution in [1.82, 2.24) is 14.8 Å². The Morgan fingerprint density at radius 2 is 2.12 bits per heavy atom. The zero-order valence-corrected chi connectivity index (χ0v) is 9.46. The minimum atomic E-state index is 0.674. The number of nitrogens with two attached hydrogens (primary N) is 1. The summed E-state index contributed by atoms with van der Waals surface area (Å²) < 4.78 is 1.67. The molecule has 0 amide bonds. The lowest BCUT2D eigenvalue weighted by molar-refractivity contribution is 0.779. The van der Waals surface area contributed by atoms with E-state index >= 15 is 0 Å². The van der Waals surface area contributed by atoms with Crippen LogP contribution in [0, 0.1) is 0 Å². The first-order chi connectivity index (χ1) is 8.25. The minimum Gasteiger partial charge on any atom is -0.383 e. The van der Waals surface area contributed by atoms with E-state index in [1.165, 1.54) is 0 Å². The molecule has 0 aliphatic heterocycles. The van der Waals surface area contributed by atoms with Crippen molar-refractivity contribution < 1.29 is 0 Å². The maximum Gasteiger partial charge on any atom is 0.129 e. The Kier molecular flexibility index (Phi) is 2.08. The van der Waals surface area contributed by atoms with E-state index in [9.17, 15) is 0 Å². The van der Waals surface area contributed by atoms with Gasteiger partial charge in [-0.3, -0.25) is 9.67 Å². The molecule has 0 aliphatic carbocycles. The van der Waals surface area contributed by atoms with Gasteiger partial charge in [-0.25, -0.2) is 0 Å². The summed E-state index contributed by atoms with van der Waals surface area (Å²) in [5, 5.41) is 5.25. The Morgan fingerprint density at radius 3 is 2.88 bits per heavy atom. The first-order valence-electron chi connectivity index (χ1n) is 5.38. The van der Waals surface area contributed by atoms with Gasteiger partial charge in [0.1, 0.15) is 5.82 Å². The van der Waals surface area contributed by atoms with E-state index in [2.05, 4.69) is 16.1 Å². The highest BCUT2D eigenvalue weighted by Gasteiger charge is 2.07. The summed E-state index contributed by atoms with van der Waals surface area (Å²) in [6.07, 6.45) is 3.58. The van der Waals surface area contributed by atoms with Crippen molar-refractivity contribution in [2.75, 3.05) is 5.73 Å². The van der Waals surface area contributed by atoms with Crippen LogP contribution in [0.15, 0.2) is 42.7 Å². The third-order valence-corrected chi connectivity index (χ3v) is 2.90. The number of fused-ring (bicyclic) bond motifs is 1. The van der Waals surface area contributed by atoms with Crippen LogP contribution in [-0.4, -0.2) is 14.8 Å². The second-order valence-corrected chi connectivity index (χ2v) is 3.98. The fraction of sp³-hybridized carbons (Fsp3) is 0.0769. The molecule has 0 aliphatic rings. The fourth-order valence-electron chi connectivity index (χ4n) is 1.91. The van der Waals surface area contributed by atoms with Gasteiger partial charge in [0.05, 0.1) is 11.7 Å². The summed E-state index contributed by atoms with van der Waals surface area (Å²) in [6.45, 7) is 0. The summed E-state index contributed by atoms with van der Waals surface area (Å²) in [7, 11) is 1.83. The van der Waals surface area contributed by atoms with E-state index in [-0.39, 0.29) is 0 Å². The molecule has 0 spiro atoms. The van der Waals surface area contributed by atoms with E-state index in [0.29, 0.717) is 5.82 Å². The minimum absolute atomic E-state index is 0.674. The SMILES string of the molecule is Cn1ncc(-c2ccc3ncccc3c2)c1N. The number of anilines is 1. The van der Waals surface area contributed by atoms with Gasteiger partial charge in [-0.1, -0.05) is 12.1 Å². The van der Waals surface area contributed by atoms with Crippen LogP contribution >= 0.6 is 0 Å². The third-order valence-electron chi connectivity index (χ3n) is 2.90. The Labute approximate surface area is 98.7 Å². The molecule has 0 unspecified atom stereocenters. The van der Waals surface area contributed by atoms with Crippen LogP contribution in [0.3, 0.4) is 0 Å². The molecule has 17 heavy (non-hydrogen) atoms. The van der Waals surface area contributed by atoms with E-state index in [0.717, 1.165) is 22.0 Å². The summed E-state index contributed by atoms with van der Waals surface area (Å²) in [4.78, 5) is 4.29. The van der Waals surface area contributed by atoms with Gasteiger partial charge in [0, 0.05) is 24.2 Å². The maximum atomic E-state index is 5.96. The van der Waals surface area contributed by atoms with Gasteiger partial charge in [-0.05, 0) is 23.8 Å². The topological polar surface area (TPSA) is 56.7 Å². The predicted octanol–water partition coefficient (Wildman–Crippen LogP) is 2.22. The van der Waals surface area contributed by atoms with Crippen molar-refractivity contribution in [3.63, 3.8) is 0 Å². The number of benzene rings is 1. The molecule has 2 aromatic heterocycles. The van der Waals surface area contributed by atoms with Crippen LogP contribution in [0.5, 0.6) is 0 Å². The van der Waals surface area contributed by atoms with Crippen molar-refractivity contribution in [2.45, 2.75) is 0 Å². The molecule has 3 rings (SSSR count). The monoisotopic (exact) mass is 224 g/mol. The first-order valence-corrected chi connectivity index (χ1v) is 5.38. The first kappa shape index (κ1) is 9.84. The quantitative estimate of drug-likeness (QED) is 0.689. The van der Waals surface area contributed by atoms with Gasteiger partial charge >= 0.3 is 0 Å². The number of rotatable bonds is 1. The zero-order chi connectivity index (χ0) is 11.8. The van der Waals surface area contributed by atoms with Gasteiger partial charge in [0.25, 0.3) is 0 Å². The lowest BCUT2D eigenvalue weighted by Gasteiger charge is -2.02. The third kappa shape index (κ3) is 1.54. The number of pyridine rings is 1. The summed E-state index contributed by atoms with van der Waals surface area (Å²) in [6, 6.07) is 10.1. The second kappa shape index (κ2) is 3.59. The number of nitrogens with zero attached hydrogens (tertiary/aromatic N) is 3. The van der Waals surface area contributed by atoms with Crippen LogP contribution in [-0.2, 0) is 7.05 Å². The Morgan fingerprint density at radius 1 is 1.24 bits per heavy atom. The summed E-state index contributed by atoms with van der Waals surface area (Å²) in [5.74, 6) is 0.674. The molecule has 1 aromatic carbocycles. The van der Waals surface area contributed by atoms with Crippen molar-refractivity contribution in [1.29, 1.82) is 0 Å². The number of hydrogen-bond donors (Lipinski definition) is 1. The van der Waals surface area contributed by atoms with E-state index < -0.39 is 0 Å². The molecule has 0 atom stereocenters. The standard InChI is InChI=1S/C13H12N4/c1-17-13(14)11(8-16-17)9-4-5-12-10(7-9)3-2-6-15-12/h2-8H,14H2,1H3. The lowest BCUT2D eigenvalue weighted by Crippen LogP contribution is -1.98. The molecule has 84 valence electrons. The van der Waals surface area contributed by atoms with Crippen molar-refractivity contribution in [2.24, 2.45) is 7.05 Å². The van der Waals surface area contributed by atoms with Crippen LogP contribution in [0.4, 0.5) is 5.82 Å². The predicted molar refractivity (Wildman–Crippen MR) is 68.4 cm³/mol. The molecule has 0 saturated heterocycles. The molecule has 4 nitrogen and oxygen atoms in total. The van der Waals surface area contributed by atoms with Gasteiger partial charge in [-0.15, -0.1) is 0 Å². The van der Waals surface area contributed by atoms with E-state index in [4.69, 9.17) is 5.73 Å². The average Bonchev–Trinajstić information content (AvgIpc) is 2.70. The number of hydrogen-bond acceptors (Lipinski definition) is 3. The van der Waals surface area contributed by atoms with Gasteiger partial charge in [0.15, 0.2) is 0 Å². The van der Waals surface area contributed by atoms with E-state index in [1.54, 1.807) is 17.1 Å². The van der Waals surface area contributed by atoms with Gasteiger partial charge in [-0.2, -0.15) is 5.10 Å². The second-order valence-electron chi connectivity index (χ2n) is 3.98. The smallest absolute Gasteiger partial charge is 0.129 e. The highest BCUT2D eigenvalue weighted by Crippen LogP contribution is 2.27. The fourth-order valence-corrected chi connectivity index (χ4v) is 1.91.